The zero-order chi connectivity index (χ0) is 16.5. The molecular weight excluding hydrogens is 407 g/mol. The Kier molecular flexibility index (Phi) is 26.6. The Morgan fingerprint density at radius 3 is 0.958 bits per heavy atom. The summed E-state index contributed by atoms with van der Waals surface area (Å²) in [6.07, 6.45) is 23.4. The molecule has 0 radical (unpaired) electrons. The smallest absolute Gasteiger partial charge is 0.0780 e. The van der Waals surface area contributed by atoms with Crippen LogP contribution in [0, 0.1) is 0 Å². The van der Waals surface area contributed by atoms with Crippen molar-refractivity contribution in [1.29, 1.82) is 0 Å². The monoisotopic (exact) mass is 457 g/mol. The van der Waals surface area contributed by atoms with Crippen LogP contribution in [0.5, 0.6) is 0 Å². The van der Waals surface area contributed by atoms with Crippen molar-refractivity contribution in [2.45, 2.75) is 110 Å². The van der Waals surface area contributed by atoms with E-state index in [0.717, 1.165) is 4.48 Å². The number of nitrogens with zero attached hydrogens (tertiary/aromatic N) is 1. The van der Waals surface area contributed by atoms with Crippen LogP contribution in [0.15, 0.2) is 0 Å². The number of hydrogen-bond donors (Lipinski definition) is 1. The molecule has 0 heterocycles. The zero-order valence-corrected chi connectivity index (χ0v) is 19.9. The standard InChI is InChI=1S/C21H46N.HI.H3N/c1-5-6-7-8-9-10-11-12-13-14-15-16-17-18-19-20-21-22(2,3)4;;/h5-21H2,1-4H3;1H;1H3/q+1;;. The lowest BCUT2D eigenvalue weighted by Crippen LogP contribution is -2.35. The van der Waals surface area contributed by atoms with Gasteiger partial charge >= 0.3 is 0 Å². The molecule has 0 aromatic carbocycles. The number of hydrogen-bond acceptors (Lipinski definition) is 1. The maximum atomic E-state index is 2.30. The van der Waals surface area contributed by atoms with Gasteiger partial charge in [-0.3, -0.25) is 0 Å². The van der Waals surface area contributed by atoms with Gasteiger partial charge in [0.1, 0.15) is 0 Å². The highest BCUT2D eigenvalue weighted by atomic mass is 127. The minimum atomic E-state index is 0. The third kappa shape index (κ3) is 27.5. The van der Waals surface area contributed by atoms with Crippen molar-refractivity contribution in [3.63, 3.8) is 0 Å². The van der Waals surface area contributed by atoms with E-state index in [1.807, 2.05) is 0 Å². The van der Waals surface area contributed by atoms with E-state index in [9.17, 15) is 0 Å². The van der Waals surface area contributed by atoms with E-state index in [2.05, 4.69) is 28.1 Å². The molecule has 0 saturated heterocycles. The van der Waals surface area contributed by atoms with Crippen LogP contribution in [-0.2, 0) is 0 Å². The molecule has 3 heteroatoms. The summed E-state index contributed by atoms with van der Waals surface area (Å²) in [5.74, 6) is 0. The second-order valence-electron chi connectivity index (χ2n) is 8.32. The molecule has 0 fully saturated rings. The normalized spacial score (nSPS) is 11.0. The Morgan fingerprint density at radius 1 is 0.458 bits per heavy atom. The zero-order valence-electron chi connectivity index (χ0n) is 17.6. The van der Waals surface area contributed by atoms with Gasteiger partial charge in [0, 0.05) is 0 Å². The average molecular weight is 458 g/mol. The lowest BCUT2D eigenvalue weighted by molar-refractivity contribution is -0.870. The molecule has 0 rings (SSSR count). The fraction of sp³-hybridized carbons (Fsp3) is 1.00. The van der Waals surface area contributed by atoms with Crippen molar-refractivity contribution in [2.75, 3.05) is 27.7 Å². The van der Waals surface area contributed by atoms with Crippen molar-refractivity contribution < 1.29 is 4.48 Å². The van der Waals surface area contributed by atoms with Crippen LogP contribution in [-0.4, -0.2) is 32.2 Å². The summed E-state index contributed by atoms with van der Waals surface area (Å²) in [7, 11) is 6.89. The molecule has 3 N–H and O–H groups in total. The fourth-order valence-electron chi connectivity index (χ4n) is 3.13. The van der Waals surface area contributed by atoms with Gasteiger partial charge in [0.2, 0.25) is 0 Å². The Bertz CT molecular complexity index is 214. The van der Waals surface area contributed by atoms with Crippen molar-refractivity contribution in [3.05, 3.63) is 0 Å². The Labute approximate surface area is 171 Å². The number of rotatable bonds is 17. The average Bonchev–Trinajstić information content (AvgIpc) is 2.45. The molecule has 0 aliphatic rings. The maximum Gasteiger partial charge on any atom is 0.0780 e. The lowest BCUT2D eigenvalue weighted by Gasteiger charge is -2.23. The van der Waals surface area contributed by atoms with Crippen LogP contribution in [0.2, 0.25) is 0 Å². The minimum absolute atomic E-state index is 0. The summed E-state index contributed by atoms with van der Waals surface area (Å²) in [6.45, 7) is 3.63. The van der Waals surface area contributed by atoms with Gasteiger partial charge in [-0.2, -0.15) is 0 Å². The summed E-state index contributed by atoms with van der Waals surface area (Å²) in [5, 5.41) is 0. The summed E-state index contributed by atoms with van der Waals surface area (Å²) in [6, 6.07) is 0. The van der Waals surface area contributed by atoms with E-state index in [4.69, 9.17) is 0 Å². The first-order valence-corrected chi connectivity index (χ1v) is 10.4. The van der Waals surface area contributed by atoms with Crippen LogP contribution < -0.4 is 6.15 Å². The van der Waals surface area contributed by atoms with Crippen molar-refractivity contribution >= 4 is 24.0 Å². The molecule has 24 heavy (non-hydrogen) atoms. The van der Waals surface area contributed by atoms with Gasteiger partial charge in [0.05, 0.1) is 27.7 Å². The molecule has 0 aliphatic heterocycles. The molecule has 0 aromatic rings. The molecule has 0 atom stereocenters. The van der Waals surface area contributed by atoms with Gasteiger partial charge in [0.25, 0.3) is 0 Å². The molecule has 0 unspecified atom stereocenters. The highest BCUT2D eigenvalue weighted by Gasteiger charge is 2.04. The van der Waals surface area contributed by atoms with Gasteiger partial charge in [0.15, 0.2) is 0 Å². The van der Waals surface area contributed by atoms with E-state index in [1.165, 1.54) is 109 Å². The van der Waals surface area contributed by atoms with Crippen LogP contribution in [0.3, 0.4) is 0 Å². The SMILES string of the molecule is CCCCCCCCCCCCCCCCCC[N+](C)(C)C.I.N. The molecule has 0 spiro atoms. The molecule has 150 valence electrons. The van der Waals surface area contributed by atoms with Gasteiger partial charge in [-0.25, -0.2) is 0 Å². The predicted octanol–water partition coefficient (Wildman–Crippen LogP) is 7.73. The minimum Gasteiger partial charge on any atom is -0.344 e. The Morgan fingerprint density at radius 2 is 0.708 bits per heavy atom. The molecular formula is C21H50IN2+. The number of halogens is 1. The van der Waals surface area contributed by atoms with Gasteiger partial charge < -0.3 is 10.6 Å². The first-order valence-electron chi connectivity index (χ1n) is 10.4. The lowest BCUT2D eigenvalue weighted by atomic mass is 10.0. The summed E-state index contributed by atoms with van der Waals surface area (Å²) >= 11 is 0. The van der Waals surface area contributed by atoms with E-state index < -0.39 is 0 Å². The quantitative estimate of drug-likeness (QED) is 0.135. The van der Waals surface area contributed by atoms with Crippen LogP contribution in [0.1, 0.15) is 110 Å². The van der Waals surface area contributed by atoms with E-state index in [0.29, 0.717) is 0 Å². The van der Waals surface area contributed by atoms with Gasteiger partial charge in [-0.1, -0.05) is 96.8 Å². The Hall–Kier alpha value is 0.650. The van der Waals surface area contributed by atoms with E-state index in [1.54, 1.807) is 0 Å². The summed E-state index contributed by atoms with van der Waals surface area (Å²) in [4.78, 5) is 0. The second-order valence-corrected chi connectivity index (χ2v) is 8.32. The highest BCUT2D eigenvalue weighted by Crippen LogP contribution is 2.13. The molecule has 2 nitrogen and oxygen atoms in total. The van der Waals surface area contributed by atoms with Crippen LogP contribution in [0.4, 0.5) is 0 Å². The number of unbranched alkanes of at least 4 members (excludes halogenated alkanes) is 15. The Balaban J connectivity index is -0.00000220. The van der Waals surface area contributed by atoms with E-state index in [-0.39, 0.29) is 30.1 Å². The first kappa shape index (κ1) is 29.4. The third-order valence-electron chi connectivity index (χ3n) is 4.68. The fourth-order valence-corrected chi connectivity index (χ4v) is 3.13. The van der Waals surface area contributed by atoms with Crippen molar-refractivity contribution in [2.24, 2.45) is 0 Å². The van der Waals surface area contributed by atoms with Crippen LogP contribution >= 0.6 is 24.0 Å². The molecule has 0 bridgehead atoms. The maximum absolute atomic E-state index is 2.30. The molecule has 0 aliphatic carbocycles. The molecule has 0 amide bonds. The summed E-state index contributed by atoms with van der Waals surface area (Å²) in [5.41, 5.74) is 0. The predicted molar refractivity (Wildman–Crippen MR) is 123 cm³/mol. The second kappa shape index (κ2) is 21.7. The highest BCUT2D eigenvalue weighted by molar-refractivity contribution is 14.0. The summed E-state index contributed by atoms with van der Waals surface area (Å²) < 4.78 is 1.12. The topological polar surface area (TPSA) is 35.0 Å². The number of quaternary nitrogens is 1. The van der Waals surface area contributed by atoms with E-state index >= 15 is 0 Å². The van der Waals surface area contributed by atoms with Crippen LogP contribution in [0.25, 0.3) is 0 Å². The first-order chi connectivity index (χ1) is 10.6. The van der Waals surface area contributed by atoms with Crippen molar-refractivity contribution in [3.8, 4) is 0 Å². The van der Waals surface area contributed by atoms with Crippen molar-refractivity contribution in [1.82, 2.24) is 6.15 Å². The molecule has 0 aromatic heterocycles. The van der Waals surface area contributed by atoms with Gasteiger partial charge in [-0.05, 0) is 12.8 Å². The largest absolute Gasteiger partial charge is 0.344 e. The van der Waals surface area contributed by atoms with Gasteiger partial charge in [-0.15, -0.1) is 24.0 Å². The molecule has 0 saturated carbocycles. The third-order valence-corrected chi connectivity index (χ3v) is 4.68.